The Morgan fingerprint density at radius 2 is 1.78 bits per heavy atom. The molecule has 156 valence electrons. The van der Waals surface area contributed by atoms with Crippen LogP contribution >= 0.6 is 0 Å². The Labute approximate surface area is 182 Å². The largest absolute Gasteiger partial charge is 0.382 e. The molecule has 4 rings (SSSR count). The molecule has 0 radical (unpaired) electrons. The van der Waals surface area contributed by atoms with Gasteiger partial charge in [0, 0.05) is 11.9 Å². The number of nitriles is 2. The maximum Gasteiger partial charge on any atom is 0.267 e. The summed E-state index contributed by atoms with van der Waals surface area (Å²) in [5, 5.41) is 19.7. The average Bonchev–Trinajstić information content (AvgIpc) is 2.80. The number of benzene rings is 2. The number of para-hydroxylation sites is 1. The van der Waals surface area contributed by atoms with E-state index < -0.39 is 11.4 Å². The lowest BCUT2D eigenvalue weighted by molar-refractivity contribution is 0.638. The van der Waals surface area contributed by atoms with Crippen molar-refractivity contribution in [2.45, 2.75) is 6.92 Å². The lowest BCUT2D eigenvalue weighted by Gasteiger charge is -2.28. The first-order valence-electron chi connectivity index (χ1n) is 9.64. The van der Waals surface area contributed by atoms with E-state index in [1.165, 1.54) is 34.0 Å². The van der Waals surface area contributed by atoms with E-state index in [1.54, 1.807) is 37.3 Å². The molecule has 4 aromatic rings. The van der Waals surface area contributed by atoms with Crippen molar-refractivity contribution in [2.75, 3.05) is 17.2 Å². The number of hydrogen-bond acceptors (Lipinski definition) is 7. The zero-order valence-electron chi connectivity index (χ0n) is 17.0. The molecule has 0 atom stereocenters. The fourth-order valence-corrected chi connectivity index (χ4v) is 3.67. The van der Waals surface area contributed by atoms with Crippen molar-refractivity contribution in [3.63, 3.8) is 0 Å². The van der Waals surface area contributed by atoms with Gasteiger partial charge in [0.1, 0.15) is 47.0 Å². The van der Waals surface area contributed by atoms with Gasteiger partial charge in [-0.15, -0.1) is 0 Å². The van der Waals surface area contributed by atoms with Crippen LogP contribution in [0.25, 0.3) is 16.5 Å². The molecular formula is C23H16FN7O. The van der Waals surface area contributed by atoms with Gasteiger partial charge in [-0.05, 0) is 25.1 Å². The van der Waals surface area contributed by atoms with Crippen molar-refractivity contribution in [1.29, 1.82) is 10.5 Å². The van der Waals surface area contributed by atoms with Crippen LogP contribution in [-0.2, 0) is 0 Å². The first-order chi connectivity index (χ1) is 15.5. The summed E-state index contributed by atoms with van der Waals surface area (Å²) in [7, 11) is 0. The topological polar surface area (TPSA) is 125 Å². The number of rotatable bonds is 4. The normalized spacial score (nSPS) is 10.5. The highest BCUT2D eigenvalue weighted by molar-refractivity contribution is 5.93. The van der Waals surface area contributed by atoms with Gasteiger partial charge in [-0.3, -0.25) is 9.36 Å². The maximum absolute atomic E-state index is 14.8. The van der Waals surface area contributed by atoms with E-state index in [9.17, 15) is 19.7 Å². The van der Waals surface area contributed by atoms with Crippen LogP contribution in [0.15, 0.2) is 59.7 Å². The number of nitrogen functional groups attached to an aromatic ring is 1. The van der Waals surface area contributed by atoms with Gasteiger partial charge in [0.15, 0.2) is 5.82 Å². The molecule has 8 nitrogen and oxygen atoms in total. The summed E-state index contributed by atoms with van der Waals surface area (Å²) in [5.41, 5.74) is 5.73. The number of fused-ring (bicyclic) bond motifs is 1. The molecule has 0 amide bonds. The monoisotopic (exact) mass is 425 g/mol. The zero-order valence-corrected chi connectivity index (χ0v) is 17.0. The van der Waals surface area contributed by atoms with E-state index in [4.69, 9.17) is 5.73 Å². The summed E-state index contributed by atoms with van der Waals surface area (Å²) in [5.74, 6) is -0.472. The lowest BCUT2D eigenvalue weighted by Crippen LogP contribution is -2.31. The zero-order chi connectivity index (χ0) is 22.8. The van der Waals surface area contributed by atoms with Gasteiger partial charge >= 0.3 is 0 Å². The molecule has 0 spiro atoms. The highest BCUT2D eigenvalue weighted by Gasteiger charge is 2.27. The third kappa shape index (κ3) is 3.09. The molecule has 0 aliphatic rings. The highest BCUT2D eigenvalue weighted by atomic mass is 19.1. The molecule has 2 aromatic carbocycles. The number of nitrogens with two attached hydrogens (primary N) is 1. The van der Waals surface area contributed by atoms with Crippen LogP contribution < -0.4 is 16.2 Å². The van der Waals surface area contributed by atoms with Crippen molar-refractivity contribution < 1.29 is 4.39 Å². The molecule has 0 bridgehead atoms. The summed E-state index contributed by atoms with van der Waals surface area (Å²) in [6.07, 6.45) is 1.20. The summed E-state index contributed by atoms with van der Waals surface area (Å²) >= 11 is 0. The fourth-order valence-electron chi connectivity index (χ4n) is 3.67. The minimum absolute atomic E-state index is 0.00430. The minimum atomic E-state index is -0.729. The van der Waals surface area contributed by atoms with Gasteiger partial charge < -0.3 is 10.6 Å². The molecule has 0 unspecified atom stereocenters. The van der Waals surface area contributed by atoms with E-state index in [1.807, 2.05) is 6.07 Å². The molecule has 0 aliphatic carbocycles. The average molecular weight is 425 g/mol. The van der Waals surface area contributed by atoms with Gasteiger partial charge in [-0.2, -0.15) is 10.5 Å². The second kappa shape index (κ2) is 8.17. The Morgan fingerprint density at radius 3 is 2.44 bits per heavy atom. The van der Waals surface area contributed by atoms with Gasteiger partial charge in [0.25, 0.3) is 5.56 Å². The van der Waals surface area contributed by atoms with Crippen molar-refractivity contribution in [1.82, 2.24) is 14.5 Å². The molecule has 32 heavy (non-hydrogen) atoms. The van der Waals surface area contributed by atoms with E-state index >= 15 is 0 Å². The summed E-state index contributed by atoms with van der Waals surface area (Å²) in [6.45, 7) is 2.00. The lowest BCUT2D eigenvalue weighted by atomic mass is 10.0. The molecule has 2 heterocycles. The Hall–Kier alpha value is -4.76. The number of pyridine rings is 1. The van der Waals surface area contributed by atoms with Gasteiger partial charge in [-0.1, -0.05) is 30.3 Å². The van der Waals surface area contributed by atoms with Crippen molar-refractivity contribution >= 4 is 28.2 Å². The first-order valence-corrected chi connectivity index (χ1v) is 9.64. The molecule has 0 saturated heterocycles. The fraction of sp³-hybridized carbons (Fsp3) is 0.0870. The molecular weight excluding hydrogens is 409 g/mol. The molecule has 9 heteroatoms. The highest BCUT2D eigenvalue weighted by Crippen LogP contribution is 2.35. The van der Waals surface area contributed by atoms with Crippen LogP contribution in [0.5, 0.6) is 0 Å². The van der Waals surface area contributed by atoms with E-state index in [0.717, 1.165) is 0 Å². The number of anilines is 3. The van der Waals surface area contributed by atoms with Crippen LogP contribution in [0.1, 0.15) is 18.1 Å². The number of aromatic nitrogens is 3. The first kappa shape index (κ1) is 20.5. The third-order valence-corrected chi connectivity index (χ3v) is 5.06. The number of nitrogens with zero attached hydrogens (tertiary/aromatic N) is 6. The Morgan fingerprint density at radius 1 is 1.06 bits per heavy atom. The predicted octanol–water partition coefficient (Wildman–Crippen LogP) is 3.40. The number of halogens is 1. The van der Waals surface area contributed by atoms with Crippen LogP contribution in [0.4, 0.5) is 21.8 Å². The summed E-state index contributed by atoms with van der Waals surface area (Å²) in [6, 6.07) is 16.8. The van der Waals surface area contributed by atoms with Gasteiger partial charge in [-0.25, -0.2) is 14.4 Å². The van der Waals surface area contributed by atoms with Gasteiger partial charge in [0.05, 0.1) is 11.1 Å². The SMILES string of the molecule is CCN(c1ncnc(N)c1C#N)c1c(C#N)c2cccc(F)c2c(=O)n1-c1ccccc1. The Bertz CT molecular complexity index is 1480. The molecule has 2 N–H and O–H groups in total. The smallest absolute Gasteiger partial charge is 0.267 e. The standard InChI is InChI=1S/C23H16FN7O/c1-2-30(21-17(12-26)20(27)28-13-29-21)22-16(11-25)15-9-6-10-18(24)19(15)23(32)31(22)14-7-4-3-5-8-14/h3-10,13H,2H2,1H3,(H2,27,28,29). The predicted molar refractivity (Wildman–Crippen MR) is 118 cm³/mol. The van der Waals surface area contributed by atoms with Crippen LogP contribution in [-0.4, -0.2) is 21.1 Å². The van der Waals surface area contributed by atoms with Crippen LogP contribution in [0.2, 0.25) is 0 Å². The number of hydrogen-bond donors (Lipinski definition) is 1. The Balaban J connectivity index is 2.23. The minimum Gasteiger partial charge on any atom is -0.382 e. The Kier molecular flexibility index (Phi) is 5.24. The van der Waals surface area contributed by atoms with Crippen LogP contribution in [0.3, 0.4) is 0 Å². The second-order valence-corrected chi connectivity index (χ2v) is 6.76. The van der Waals surface area contributed by atoms with E-state index in [2.05, 4.69) is 16.0 Å². The van der Waals surface area contributed by atoms with Crippen molar-refractivity contribution in [3.8, 4) is 17.8 Å². The van der Waals surface area contributed by atoms with Crippen molar-refractivity contribution in [3.05, 3.63) is 82.2 Å². The maximum atomic E-state index is 14.8. The van der Waals surface area contributed by atoms with Gasteiger partial charge in [0.2, 0.25) is 0 Å². The third-order valence-electron chi connectivity index (χ3n) is 5.06. The molecule has 2 aromatic heterocycles. The summed E-state index contributed by atoms with van der Waals surface area (Å²) < 4.78 is 16.0. The van der Waals surface area contributed by atoms with Crippen LogP contribution in [0, 0.1) is 28.5 Å². The summed E-state index contributed by atoms with van der Waals surface area (Å²) in [4.78, 5) is 23.2. The van der Waals surface area contributed by atoms with E-state index in [-0.39, 0.29) is 45.9 Å². The molecule has 0 saturated carbocycles. The molecule has 0 aliphatic heterocycles. The van der Waals surface area contributed by atoms with E-state index in [0.29, 0.717) is 5.69 Å². The van der Waals surface area contributed by atoms with Crippen molar-refractivity contribution in [2.24, 2.45) is 0 Å². The molecule has 0 fully saturated rings. The quantitative estimate of drug-likeness (QED) is 0.531. The second-order valence-electron chi connectivity index (χ2n) is 6.76.